The Bertz CT molecular complexity index is 693. The first-order valence-electron chi connectivity index (χ1n) is 7.24. The van der Waals surface area contributed by atoms with Crippen LogP contribution in [-0.4, -0.2) is 12.5 Å². The predicted molar refractivity (Wildman–Crippen MR) is 93.4 cm³/mol. The lowest BCUT2D eigenvalue weighted by molar-refractivity contribution is -0.118. The van der Waals surface area contributed by atoms with Gasteiger partial charge in [-0.1, -0.05) is 36.7 Å². The Balaban J connectivity index is 2.03. The Hall–Kier alpha value is -1.88. The number of nitrogens with one attached hydrogen (secondary N) is 1. The smallest absolute Gasteiger partial charge is 0.262 e. The predicted octanol–water partition coefficient (Wildman–Crippen LogP) is 4.90. The number of halogens is 2. The molecule has 1 amide bonds. The van der Waals surface area contributed by atoms with Crippen LogP contribution >= 0.6 is 15.9 Å². The van der Waals surface area contributed by atoms with Crippen LogP contribution in [0.1, 0.15) is 26.3 Å². The van der Waals surface area contributed by atoms with Crippen LogP contribution in [0.2, 0.25) is 0 Å². The molecule has 0 bridgehead atoms. The van der Waals surface area contributed by atoms with E-state index in [0.717, 1.165) is 10.0 Å². The highest BCUT2D eigenvalue weighted by atomic mass is 79.9. The number of carbonyl (C=O) groups excluding carboxylic acids is 1. The number of hydrogen-bond acceptors (Lipinski definition) is 2. The van der Waals surface area contributed by atoms with Crippen molar-refractivity contribution >= 4 is 27.5 Å². The SMILES string of the molecule is CC(C)(C)c1cc(Br)ccc1OCC(=O)Nc1ccc(F)cc1. The van der Waals surface area contributed by atoms with Gasteiger partial charge in [0.05, 0.1) is 0 Å². The van der Waals surface area contributed by atoms with Crippen molar-refractivity contribution in [3.8, 4) is 5.75 Å². The maximum Gasteiger partial charge on any atom is 0.262 e. The lowest BCUT2D eigenvalue weighted by Gasteiger charge is -2.23. The van der Waals surface area contributed by atoms with Gasteiger partial charge in [0.2, 0.25) is 0 Å². The van der Waals surface area contributed by atoms with E-state index < -0.39 is 0 Å². The molecular formula is C18H19BrFNO2. The Kier molecular flexibility index (Phi) is 5.42. The molecule has 0 aliphatic carbocycles. The van der Waals surface area contributed by atoms with Crippen LogP contribution in [0.4, 0.5) is 10.1 Å². The van der Waals surface area contributed by atoms with E-state index in [1.165, 1.54) is 24.3 Å². The molecule has 2 aromatic rings. The molecule has 0 atom stereocenters. The third kappa shape index (κ3) is 5.06. The van der Waals surface area contributed by atoms with E-state index in [0.29, 0.717) is 11.4 Å². The normalized spacial score (nSPS) is 11.2. The second-order valence-corrected chi connectivity index (χ2v) is 7.15. The highest BCUT2D eigenvalue weighted by molar-refractivity contribution is 9.10. The maximum absolute atomic E-state index is 12.8. The van der Waals surface area contributed by atoms with E-state index >= 15 is 0 Å². The largest absolute Gasteiger partial charge is 0.483 e. The van der Waals surface area contributed by atoms with E-state index in [4.69, 9.17) is 4.74 Å². The topological polar surface area (TPSA) is 38.3 Å². The summed E-state index contributed by atoms with van der Waals surface area (Å²) in [4.78, 5) is 12.0. The first kappa shape index (κ1) is 17.5. The molecule has 0 saturated carbocycles. The van der Waals surface area contributed by atoms with E-state index in [2.05, 4.69) is 42.0 Å². The van der Waals surface area contributed by atoms with Crippen molar-refractivity contribution in [2.45, 2.75) is 26.2 Å². The van der Waals surface area contributed by atoms with Crippen LogP contribution < -0.4 is 10.1 Å². The molecule has 2 aromatic carbocycles. The molecule has 1 N–H and O–H groups in total. The minimum Gasteiger partial charge on any atom is -0.483 e. The molecule has 0 spiro atoms. The van der Waals surface area contributed by atoms with Gasteiger partial charge in [-0.2, -0.15) is 0 Å². The van der Waals surface area contributed by atoms with Gasteiger partial charge in [0.1, 0.15) is 11.6 Å². The average molecular weight is 380 g/mol. The summed E-state index contributed by atoms with van der Waals surface area (Å²) >= 11 is 3.45. The summed E-state index contributed by atoms with van der Waals surface area (Å²) in [6.45, 7) is 6.14. The first-order chi connectivity index (χ1) is 10.8. The number of anilines is 1. The molecule has 0 radical (unpaired) electrons. The molecule has 23 heavy (non-hydrogen) atoms. The molecule has 0 saturated heterocycles. The minimum atomic E-state index is -0.344. The molecule has 0 unspecified atom stereocenters. The zero-order valence-electron chi connectivity index (χ0n) is 13.3. The molecule has 122 valence electrons. The first-order valence-corrected chi connectivity index (χ1v) is 8.03. The van der Waals surface area contributed by atoms with Crippen LogP contribution in [0.25, 0.3) is 0 Å². The fourth-order valence-electron chi connectivity index (χ4n) is 2.09. The van der Waals surface area contributed by atoms with Gasteiger partial charge in [-0.05, 0) is 47.9 Å². The van der Waals surface area contributed by atoms with Crippen molar-refractivity contribution in [3.05, 3.63) is 58.3 Å². The minimum absolute atomic E-state index is 0.105. The van der Waals surface area contributed by atoms with Crippen LogP contribution in [0.5, 0.6) is 5.75 Å². The number of carbonyl (C=O) groups is 1. The summed E-state index contributed by atoms with van der Waals surface area (Å²) < 4.78 is 19.5. The molecule has 0 fully saturated rings. The summed E-state index contributed by atoms with van der Waals surface area (Å²) in [5.74, 6) is 0.0401. The highest BCUT2D eigenvalue weighted by Crippen LogP contribution is 2.33. The van der Waals surface area contributed by atoms with E-state index in [1.807, 2.05) is 18.2 Å². The van der Waals surface area contributed by atoms with Crippen molar-refractivity contribution < 1.29 is 13.9 Å². The second kappa shape index (κ2) is 7.13. The van der Waals surface area contributed by atoms with Gasteiger partial charge in [-0.15, -0.1) is 0 Å². The van der Waals surface area contributed by atoms with Crippen LogP contribution in [0, 0.1) is 5.82 Å². The molecular weight excluding hydrogens is 361 g/mol. The summed E-state index contributed by atoms with van der Waals surface area (Å²) in [7, 11) is 0. The third-order valence-electron chi connectivity index (χ3n) is 3.24. The molecule has 0 heterocycles. The number of hydrogen-bond donors (Lipinski definition) is 1. The quantitative estimate of drug-likeness (QED) is 0.819. The lowest BCUT2D eigenvalue weighted by atomic mass is 9.86. The van der Waals surface area contributed by atoms with Crippen molar-refractivity contribution in [2.24, 2.45) is 0 Å². The fraction of sp³-hybridized carbons (Fsp3) is 0.278. The van der Waals surface area contributed by atoms with E-state index in [9.17, 15) is 9.18 Å². The summed E-state index contributed by atoms with van der Waals surface area (Å²) in [5, 5.41) is 2.67. The van der Waals surface area contributed by atoms with Crippen molar-refractivity contribution in [1.82, 2.24) is 0 Å². The number of amides is 1. The van der Waals surface area contributed by atoms with Crippen molar-refractivity contribution in [3.63, 3.8) is 0 Å². The number of benzene rings is 2. The Morgan fingerprint density at radius 1 is 1.17 bits per heavy atom. The van der Waals surface area contributed by atoms with Gasteiger partial charge < -0.3 is 10.1 Å². The summed E-state index contributed by atoms with van der Waals surface area (Å²) in [6, 6.07) is 11.3. The lowest BCUT2D eigenvalue weighted by Crippen LogP contribution is -2.22. The molecule has 0 aliphatic heterocycles. The summed E-state index contributed by atoms with van der Waals surface area (Å²) in [5.41, 5.74) is 1.44. The molecule has 2 rings (SSSR count). The Morgan fingerprint density at radius 2 is 1.83 bits per heavy atom. The van der Waals surface area contributed by atoms with Gasteiger partial charge >= 0.3 is 0 Å². The van der Waals surface area contributed by atoms with E-state index in [-0.39, 0.29) is 23.7 Å². The zero-order valence-corrected chi connectivity index (χ0v) is 14.9. The van der Waals surface area contributed by atoms with Gasteiger partial charge in [0.25, 0.3) is 5.91 Å². The van der Waals surface area contributed by atoms with Crippen molar-refractivity contribution in [1.29, 1.82) is 0 Å². The monoisotopic (exact) mass is 379 g/mol. The van der Waals surface area contributed by atoms with Crippen LogP contribution in [-0.2, 0) is 10.2 Å². The number of ether oxygens (including phenoxy) is 1. The Labute approximate surface area is 144 Å². The molecule has 0 aromatic heterocycles. The second-order valence-electron chi connectivity index (χ2n) is 6.23. The third-order valence-corrected chi connectivity index (χ3v) is 3.73. The summed E-state index contributed by atoms with van der Waals surface area (Å²) in [6.07, 6.45) is 0. The Morgan fingerprint density at radius 3 is 2.43 bits per heavy atom. The van der Waals surface area contributed by atoms with Crippen molar-refractivity contribution in [2.75, 3.05) is 11.9 Å². The standard InChI is InChI=1S/C18H19BrFNO2/c1-18(2,3)15-10-12(19)4-9-16(15)23-11-17(22)21-14-7-5-13(20)6-8-14/h4-10H,11H2,1-3H3,(H,21,22). The molecule has 3 nitrogen and oxygen atoms in total. The molecule has 5 heteroatoms. The van der Waals surface area contributed by atoms with Gasteiger partial charge in [0.15, 0.2) is 6.61 Å². The average Bonchev–Trinajstić information content (AvgIpc) is 2.47. The van der Waals surface area contributed by atoms with Gasteiger partial charge in [0, 0.05) is 15.7 Å². The fourth-order valence-corrected chi connectivity index (χ4v) is 2.45. The molecule has 0 aliphatic rings. The van der Waals surface area contributed by atoms with Crippen LogP contribution in [0.15, 0.2) is 46.9 Å². The van der Waals surface area contributed by atoms with Gasteiger partial charge in [-0.3, -0.25) is 4.79 Å². The van der Waals surface area contributed by atoms with E-state index in [1.54, 1.807) is 0 Å². The van der Waals surface area contributed by atoms with Crippen LogP contribution in [0.3, 0.4) is 0 Å². The highest BCUT2D eigenvalue weighted by Gasteiger charge is 2.20. The van der Waals surface area contributed by atoms with Gasteiger partial charge in [-0.25, -0.2) is 4.39 Å². The number of rotatable bonds is 4. The zero-order chi connectivity index (χ0) is 17.0. The maximum atomic E-state index is 12.8.